The monoisotopic (exact) mass is 540 g/mol. The van der Waals surface area contributed by atoms with E-state index < -0.39 is 0 Å². The fourth-order valence-electron chi connectivity index (χ4n) is 7.32. The van der Waals surface area contributed by atoms with Gasteiger partial charge in [-0.15, -0.1) is 0 Å². The molecule has 1 amide bonds. The summed E-state index contributed by atoms with van der Waals surface area (Å²) in [5.74, 6) is 1.53. The van der Waals surface area contributed by atoms with E-state index in [2.05, 4.69) is 20.1 Å². The number of H-pyrrole nitrogens is 1. The lowest BCUT2D eigenvalue weighted by Crippen LogP contribution is -2.52. The van der Waals surface area contributed by atoms with Gasteiger partial charge in [-0.25, -0.2) is 0 Å². The molecular formula is C33H40N4O3. The normalized spacial score (nSPS) is 22.9. The van der Waals surface area contributed by atoms with E-state index in [1.54, 1.807) is 6.26 Å². The third-order valence-corrected chi connectivity index (χ3v) is 9.46. The zero-order valence-corrected chi connectivity index (χ0v) is 23.2. The van der Waals surface area contributed by atoms with Gasteiger partial charge in [0.2, 0.25) is 0 Å². The third kappa shape index (κ3) is 5.25. The molecule has 3 fully saturated rings. The average molecular weight is 541 g/mol. The van der Waals surface area contributed by atoms with Crippen molar-refractivity contribution in [2.24, 2.45) is 5.92 Å². The van der Waals surface area contributed by atoms with Gasteiger partial charge in [-0.2, -0.15) is 0 Å². The van der Waals surface area contributed by atoms with Crippen LogP contribution in [-0.2, 0) is 6.61 Å². The molecule has 2 aromatic heterocycles. The van der Waals surface area contributed by atoms with Crippen LogP contribution in [0.4, 0.5) is 0 Å². The molecule has 0 spiro atoms. The lowest BCUT2D eigenvalue weighted by atomic mass is 9.83. The highest BCUT2D eigenvalue weighted by Gasteiger charge is 2.34. The van der Waals surface area contributed by atoms with Gasteiger partial charge in [0, 0.05) is 53.6 Å². The second kappa shape index (κ2) is 11.3. The van der Waals surface area contributed by atoms with Crippen LogP contribution in [0.3, 0.4) is 0 Å². The maximum absolute atomic E-state index is 13.2. The number of furan rings is 1. The molecule has 3 saturated heterocycles. The van der Waals surface area contributed by atoms with E-state index >= 15 is 0 Å². The molecule has 1 unspecified atom stereocenters. The van der Waals surface area contributed by atoms with Gasteiger partial charge in [-0.3, -0.25) is 4.79 Å². The number of para-hydroxylation sites is 1. The second-order valence-electron chi connectivity index (χ2n) is 12.0. The Bertz CT molecular complexity index is 1460. The summed E-state index contributed by atoms with van der Waals surface area (Å²) in [6, 6.07) is 16.8. The van der Waals surface area contributed by atoms with Crippen molar-refractivity contribution in [3.05, 3.63) is 66.1 Å². The van der Waals surface area contributed by atoms with Crippen LogP contribution in [0.1, 0.15) is 61.0 Å². The molecule has 7 nitrogen and oxygen atoms in total. The number of benzene rings is 2. The Labute approximate surface area is 235 Å². The molecule has 3 aliphatic heterocycles. The van der Waals surface area contributed by atoms with E-state index in [0.717, 1.165) is 71.1 Å². The average Bonchev–Trinajstić information content (AvgIpc) is 3.62. The molecule has 2 atom stereocenters. The maximum atomic E-state index is 13.2. The van der Waals surface area contributed by atoms with Gasteiger partial charge in [-0.1, -0.05) is 30.7 Å². The number of nitrogens with zero attached hydrogens (tertiary/aromatic N) is 2. The third-order valence-electron chi connectivity index (χ3n) is 9.46. The van der Waals surface area contributed by atoms with Gasteiger partial charge >= 0.3 is 0 Å². The minimum Gasteiger partial charge on any atom is -0.488 e. The van der Waals surface area contributed by atoms with Gasteiger partial charge < -0.3 is 29.3 Å². The molecular weight excluding hydrogens is 500 g/mol. The minimum atomic E-state index is -0.0356. The van der Waals surface area contributed by atoms with Crippen molar-refractivity contribution in [1.82, 2.24) is 20.1 Å². The first kappa shape index (κ1) is 25.7. The Morgan fingerprint density at radius 3 is 2.75 bits per heavy atom. The van der Waals surface area contributed by atoms with Gasteiger partial charge in [-0.05, 0) is 81.8 Å². The number of fused-ring (bicyclic) bond motifs is 3. The number of piperidine rings is 3. The van der Waals surface area contributed by atoms with Crippen LogP contribution < -0.4 is 10.1 Å². The second-order valence-corrected chi connectivity index (χ2v) is 12.0. The van der Waals surface area contributed by atoms with Gasteiger partial charge in [0.1, 0.15) is 23.6 Å². The number of likely N-dealkylation sites (tertiary alicyclic amines) is 1. The van der Waals surface area contributed by atoms with Crippen LogP contribution in [0.5, 0.6) is 5.75 Å². The van der Waals surface area contributed by atoms with Gasteiger partial charge in [0.15, 0.2) is 0 Å². The summed E-state index contributed by atoms with van der Waals surface area (Å²) in [6.45, 7) is 6.38. The van der Waals surface area contributed by atoms with Crippen molar-refractivity contribution in [2.75, 3.05) is 32.7 Å². The van der Waals surface area contributed by atoms with Crippen molar-refractivity contribution in [3.63, 3.8) is 0 Å². The molecule has 4 aromatic rings. The molecule has 40 heavy (non-hydrogen) atoms. The zero-order chi connectivity index (χ0) is 26.9. The number of ether oxygens (including phenoxy) is 1. The van der Waals surface area contributed by atoms with Crippen molar-refractivity contribution in [3.8, 4) is 5.75 Å². The highest BCUT2D eigenvalue weighted by Crippen LogP contribution is 2.32. The summed E-state index contributed by atoms with van der Waals surface area (Å²) >= 11 is 0. The largest absolute Gasteiger partial charge is 0.488 e. The molecule has 0 bridgehead atoms. The first-order valence-corrected chi connectivity index (χ1v) is 15.2. The summed E-state index contributed by atoms with van der Waals surface area (Å²) in [4.78, 5) is 22.0. The van der Waals surface area contributed by atoms with Gasteiger partial charge in [0.05, 0.1) is 6.26 Å². The molecule has 7 heteroatoms. The Balaban J connectivity index is 0.947. The number of aromatic amines is 1. The van der Waals surface area contributed by atoms with Crippen LogP contribution in [0, 0.1) is 5.92 Å². The molecule has 7 rings (SSSR count). The predicted molar refractivity (Wildman–Crippen MR) is 158 cm³/mol. The first-order chi connectivity index (χ1) is 19.7. The van der Waals surface area contributed by atoms with Crippen molar-refractivity contribution >= 4 is 27.8 Å². The Morgan fingerprint density at radius 1 is 0.950 bits per heavy atom. The number of amides is 1. The van der Waals surface area contributed by atoms with Crippen molar-refractivity contribution in [1.29, 1.82) is 0 Å². The Hall–Kier alpha value is -3.29. The fraction of sp³-hybridized carbons (Fsp3) is 0.485. The van der Waals surface area contributed by atoms with E-state index in [9.17, 15) is 4.79 Å². The zero-order valence-electron chi connectivity index (χ0n) is 23.2. The Kier molecular flexibility index (Phi) is 7.25. The van der Waals surface area contributed by atoms with E-state index in [0.29, 0.717) is 12.3 Å². The predicted octanol–water partition coefficient (Wildman–Crippen LogP) is 5.95. The van der Waals surface area contributed by atoms with E-state index in [-0.39, 0.29) is 11.9 Å². The van der Waals surface area contributed by atoms with Gasteiger partial charge in [0.25, 0.3) is 5.91 Å². The van der Waals surface area contributed by atoms with Crippen LogP contribution in [0.15, 0.2) is 59.2 Å². The number of hydrogen-bond acceptors (Lipinski definition) is 5. The molecule has 0 radical (unpaired) electrons. The summed E-state index contributed by atoms with van der Waals surface area (Å²) in [6.07, 6.45) is 10.7. The lowest BCUT2D eigenvalue weighted by Gasteiger charge is -2.46. The summed E-state index contributed by atoms with van der Waals surface area (Å²) in [5, 5.41) is 5.28. The summed E-state index contributed by atoms with van der Waals surface area (Å²) in [7, 11) is 0. The number of aromatic nitrogens is 1. The van der Waals surface area contributed by atoms with Crippen LogP contribution in [0.25, 0.3) is 21.9 Å². The molecule has 210 valence electrons. The minimum absolute atomic E-state index is 0.0356. The van der Waals surface area contributed by atoms with E-state index in [1.807, 2.05) is 48.5 Å². The highest BCUT2D eigenvalue weighted by atomic mass is 16.5. The maximum Gasteiger partial charge on any atom is 0.267 e. The highest BCUT2D eigenvalue weighted by molar-refractivity contribution is 5.99. The fourth-order valence-corrected chi connectivity index (χ4v) is 7.32. The molecule has 0 aliphatic carbocycles. The number of carbonyl (C=O) groups excluding carboxylic acids is 1. The molecule has 3 aliphatic rings. The van der Waals surface area contributed by atoms with E-state index in [1.165, 1.54) is 51.7 Å². The number of rotatable bonds is 7. The summed E-state index contributed by atoms with van der Waals surface area (Å²) < 4.78 is 11.9. The quantitative estimate of drug-likeness (QED) is 0.303. The lowest BCUT2D eigenvalue weighted by molar-refractivity contribution is 0.0351. The number of carbonyl (C=O) groups is 1. The van der Waals surface area contributed by atoms with Crippen molar-refractivity contribution in [2.45, 2.75) is 63.6 Å². The Morgan fingerprint density at radius 2 is 1.82 bits per heavy atom. The molecule has 5 heterocycles. The smallest absolute Gasteiger partial charge is 0.267 e. The molecule has 2 aromatic carbocycles. The summed E-state index contributed by atoms with van der Waals surface area (Å²) in [5.41, 5.74) is 3.35. The SMILES string of the molecule is O=C(NC1CCN(C[C@@H]2CCCN3CCCCC23)CC1)c1cc2c(OCc3coc4ccccc34)cccc2[nH]1. The molecule has 0 saturated carbocycles. The van der Waals surface area contributed by atoms with Crippen LogP contribution >= 0.6 is 0 Å². The van der Waals surface area contributed by atoms with Crippen LogP contribution in [-0.4, -0.2) is 65.5 Å². The van der Waals surface area contributed by atoms with Crippen molar-refractivity contribution < 1.29 is 13.9 Å². The topological polar surface area (TPSA) is 73.7 Å². The number of nitrogens with one attached hydrogen (secondary N) is 2. The molecule has 2 N–H and O–H groups in total. The number of hydrogen-bond donors (Lipinski definition) is 2. The van der Waals surface area contributed by atoms with E-state index in [4.69, 9.17) is 9.15 Å². The first-order valence-electron chi connectivity index (χ1n) is 15.2. The standard InChI is InChI=1S/C33H40N4O3/c38-33(34-25-13-17-36(18-14-25)20-23-7-6-16-37-15-4-3-10-30(23)37)29-19-27-28(35-29)9-5-12-32(27)40-22-24-21-39-31-11-2-1-8-26(24)31/h1-2,5,8-9,11-12,19,21,23,25,30,35H,3-4,6-7,10,13-18,20,22H2,(H,34,38)/t23-,30?/m0/s1. The van der Waals surface area contributed by atoms with Crippen LogP contribution in [0.2, 0.25) is 0 Å².